The van der Waals surface area contributed by atoms with E-state index in [1.165, 1.54) is 10.4 Å². The van der Waals surface area contributed by atoms with E-state index in [4.69, 9.17) is 4.74 Å². The van der Waals surface area contributed by atoms with Crippen LogP contribution in [0.4, 0.5) is 0 Å². The molecule has 1 aromatic carbocycles. The highest BCUT2D eigenvalue weighted by atomic mass is 32.1. The van der Waals surface area contributed by atoms with E-state index in [9.17, 15) is 0 Å². The molecule has 0 radical (unpaired) electrons. The number of fused-ring (bicyclic) bond motifs is 1. The monoisotopic (exact) mass is 376 g/mol. The summed E-state index contributed by atoms with van der Waals surface area (Å²) in [7, 11) is 0. The lowest BCUT2D eigenvalue weighted by Gasteiger charge is -2.31. The predicted octanol–water partition coefficient (Wildman–Crippen LogP) is 4.03. The minimum absolute atomic E-state index is 0.0428. The molecule has 1 atom stereocenters. The van der Waals surface area contributed by atoms with Crippen molar-refractivity contribution in [2.24, 2.45) is 0 Å². The average molecular weight is 376 g/mol. The molecule has 0 unspecified atom stereocenters. The number of ether oxygens (including phenoxy) is 1. The molecule has 3 aromatic heterocycles. The highest BCUT2D eigenvalue weighted by Crippen LogP contribution is 2.27. The topological polar surface area (TPSA) is 42.7 Å². The van der Waals surface area contributed by atoms with Gasteiger partial charge in [0.25, 0.3) is 0 Å². The summed E-state index contributed by atoms with van der Waals surface area (Å²) >= 11 is 1.80. The van der Waals surface area contributed by atoms with Crippen LogP contribution in [0.1, 0.15) is 16.7 Å². The smallest absolute Gasteiger partial charge is 0.121 e. The fraction of sp³-hybridized carbons (Fsp3) is 0.238. The first-order valence-electron chi connectivity index (χ1n) is 9.13. The second-order valence-corrected chi connectivity index (χ2v) is 7.79. The summed E-state index contributed by atoms with van der Waals surface area (Å²) < 4.78 is 7.90. The van der Waals surface area contributed by atoms with Crippen molar-refractivity contribution in [2.75, 3.05) is 19.7 Å². The van der Waals surface area contributed by atoms with Crippen LogP contribution < -0.4 is 0 Å². The van der Waals surface area contributed by atoms with Crippen LogP contribution in [-0.4, -0.2) is 39.4 Å². The molecule has 0 N–H and O–H groups in total. The molecule has 5 nitrogen and oxygen atoms in total. The van der Waals surface area contributed by atoms with Crippen LogP contribution in [0.15, 0.2) is 66.2 Å². The maximum Gasteiger partial charge on any atom is 0.121 e. The standard InChI is InChI=1S/C21H20N4OS/c1-2-5-16(6-3-1)17-8-9-19-21(22-23-25(19)13-17)20-15-24(10-11-26-20)14-18-7-4-12-27-18/h1-9,12-13,20H,10-11,14-15H2/t20-/m0/s1. The first kappa shape index (κ1) is 16.6. The SMILES string of the molecule is c1ccc(-c2ccc3c([C@@H]4CN(Cc5cccs5)CCO4)nnn3c2)cc1. The van der Waals surface area contributed by atoms with Gasteiger partial charge in [0.05, 0.1) is 12.1 Å². The van der Waals surface area contributed by atoms with Gasteiger partial charge in [0, 0.05) is 36.3 Å². The summed E-state index contributed by atoms with van der Waals surface area (Å²) in [4.78, 5) is 3.82. The Balaban J connectivity index is 1.39. The molecule has 1 aliphatic heterocycles. The van der Waals surface area contributed by atoms with Crippen molar-refractivity contribution in [3.8, 4) is 11.1 Å². The molecule has 0 saturated carbocycles. The number of hydrogen-bond donors (Lipinski definition) is 0. The van der Waals surface area contributed by atoms with Crippen LogP contribution in [0.5, 0.6) is 0 Å². The van der Waals surface area contributed by atoms with Gasteiger partial charge in [-0.05, 0) is 23.1 Å². The van der Waals surface area contributed by atoms with Crippen LogP contribution in [0.2, 0.25) is 0 Å². The van der Waals surface area contributed by atoms with E-state index in [2.05, 4.69) is 57.0 Å². The molecule has 4 heterocycles. The van der Waals surface area contributed by atoms with Gasteiger partial charge in [0.15, 0.2) is 0 Å². The average Bonchev–Trinajstić information content (AvgIpc) is 3.38. The molecule has 0 amide bonds. The lowest BCUT2D eigenvalue weighted by Crippen LogP contribution is -2.37. The highest BCUT2D eigenvalue weighted by Gasteiger charge is 2.26. The van der Waals surface area contributed by atoms with Crippen LogP contribution in [0.3, 0.4) is 0 Å². The molecule has 0 spiro atoms. The van der Waals surface area contributed by atoms with Crippen molar-refractivity contribution >= 4 is 16.9 Å². The predicted molar refractivity (Wildman–Crippen MR) is 107 cm³/mol. The van der Waals surface area contributed by atoms with Crippen molar-refractivity contribution in [3.63, 3.8) is 0 Å². The quantitative estimate of drug-likeness (QED) is 0.539. The molecule has 136 valence electrons. The molecule has 27 heavy (non-hydrogen) atoms. The Labute approximate surface area is 161 Å². The van der Waals surface area contributed by atoms with Crippen molar-refractivity contribution in [2.45, 2.75) is 12.6 Å². The molecular weight excluding hydrogens is 356 g/mol. The van der Waals surface area contributed by atoms with Crippen LogP contribution in [-0.2, 0) is 11.3 Å². The highest BCUT2D eigenvalue weighted by molar-refractivity contribution is 7.09. The Bertz CT molecular complexity index is 1030. The van der Waals surface area contributed by atoms with E-state index in [0.717, 1.165) is 43.0 Å². The third-order valence-electron chi connectivity index (χ3n) is 4.96. The molecule has 5 rings (SSSR count). The van der Waals surface area contributed by atoms with E-state index in [1.807, 2.05) is 28.9 Å². The number of nitrogens with zero attached hydrogens (tertiary/aromatic N) is 4. The second kappa shape index (κ2) is 7.23. The van der Waals surface area contributed by atoms with Gasteiger partial charge in [0.2, 0.25) is 0 Å². The van der Waals surface area contributed by atoms with Crippen molar-refractivity contribution in [1.82, 2.24) is 19.7 Å². The minimum atomic E-state index is -0.0428. The molecule has 0 aliphatic carbocycles. The van der Waals surface area contributed by atoms with Crippen LogP contribution in [0, 0.1) is 0 Å². The van der Waals surface area contributed by atoms with E-state index in [-0.39, 0.29) is 6.10 Å². The zero-order valence-corrected chi connectivity index (χ0v) is 15.7. The third kappa shape index (κ3) is 3.39. The lowest BCUT2D eigenvalue weighted by atomic mass is 10.1. The maximum absolute atomic E-state index is 6.04. The molecule has 1 fully saturated rings. The van der Waals surface area contributed by atoms with Gasteiger partial charge in [0.1, 0.15) is 11.8 Å². The van der Waals surface area contributed by atoms with E-state index in [1.54, 1.807) is 11.3 Å². The van der Waals surface area contributed by atoms with E-state index < -0.39 is 0 Å². The van der Waals surface area contributed by atoms with E-state index in [0.29, 0.717) is 0 Å². The fourth-order valence-electron chi connectivity index (χ4n) is 3.58. The van der Waals surface area contributed by atoms with E-state index >= 15 is 0 Å². The molecule has 6 heteroatoms. The number of pyridine rings is 1. The normalized spacial score (nSPS) is 18.1. The Kier molecular flexibility index (Phi) is 4.45. The van der Waals surface area contributed by atoms with Crippen molar-refractivity contribution in [3.05, 3.63) is 76.7 Å². The molecule has 0 bridgehead atoms. The van der Waals surface area contributed by atoms with Gasteiger partial charge in [-0.3, -0.25) is 4.90 Å². The van der Waals surface area contributed by atoms with Gasteiger partial charge in [-0.2, -0.15) is 0 Å². The first-order chi connectivity index (χ1) is 13.4. The Morgan fingerprint density at radius 1 is 1.04 bits per heavy atom. The summed E-state index contributed by atoms with van der Waals surface area (Å²) in [5.74, 6) is 0. The molecule has 1 saturated heterocycles. The number of hydrogen-bond acceptors (Lipinski definition) is 5. The lowest BCUT2D eigenvalue weighted by molar-refractivity contribution is -0.0340. The summed E-state index contributed by atoms with van der Waals surface area (Å²) in [5.41, 5.74) is 4.24. The van der Waals surface area contributed by atoms with Gasteiger partial charge in [-0.15, -0.1) is 16.4 Å². The zero-order chi connectivity index (χ0) is 18.1. The summed E-state index contributed by atoms with van der Waals surface area (Å²) in [6.45, 7) is 3.48. The number of thiophene rings is 1. The Hall–Kier alpha value is -2.54. The Morgan fingerprint density at radius 2 is 1.96 bits per heavy atom. The van der Waals surface area contributed by atoms with Crippen LogP contribution >= 0.6 is 11.3 Å². The van der Waals surface area contributed by atoms with Gasteiger partial charge < -0.3 is 4.74 Å². The largest absolute Gasteiger partial charge is 0.369 e. The van der Waals surface area contributed by atoms with Crippen molar-refractivity contribution in [1.29, 1.82) is 0 Å². The first-order valence-corrected chi connectivity index (χ1v) is 10.0. The maximum atomic E-state index is 6.04. The van der Waals surface area contributed by atoms with Gasteiger partial charge in [-0.25, -0.2) is 4.52 Å². The number of morpholine rings is 1. The zero-order valence-electron chi connectivity index (χ0n) is 14.9. The van der Waals surface area contributed by atoms with Crippen LogP contribution in [0.25, 0.3) is 16.6 Å². The minimum Gasteiger partial charge on any atom is -0.369 e. The molecular formula is C21H20N4OS. The number of benzene rings is 1. The third-order valence-corrected chi connectivity index (χ3v) is 5.82. The summed E-state index contributed by atoms with van der Waals surface area (Å²) in [5, 5.41) is 10.9. The fourth-order valence-corrected chi connectivity index (χ4v) is 4.33. The molecule has 4 aromatic rings. The van der Waals surface area contributed by atoms with Gasteiger partial charge in [-0.1, -0.05) is 47.7 Å². The summed E-state index contributed by atoms with van der Waals surface area (Å²) in [6.07, 6.45) is 1.99. The summed E-state index contributed by atoms with van der Waals surface area (Å²) in [6, 6.07) is 18.8. The Morgan fingerprint density at radius 3 is 2.81 bits per heavy atom. The second-order valence-electron chi connectivity index (χ2n) is 6.76. The van der Waals surface area contributed by atoms with Crippen molar-refractivity contribution < 1.29 is 4.74 Å². The molecule has 1 aliphatic rings. The number of aromatic nitrogens is 3. The van der Waals surface area contributed by atoms with Gasteiger partial charge >= 0.3 is 0 Å². The number of rotatable bonds is 4.